The third-order valence-electron chi connectivity index (χ3n) is 2.97. The summed E-state index contributed by atoms with van der Waals surface area (Å²) in [5.41, 5.74) is 1.57. The Kier molecular flexibility index (Phi) is 6.78. The van der Waals surface area contributed by atoms with Gasteiger partial charge in [0.25, 0.3) is 0 Å². The molecular formula is C18H17ClN2O2S. The van der Waals surface area contributed by atoms with Gasteiger partial charge in [-0.1, -0.05) is 35.9 Å². The van der Waals surface area contributed by atoms with Gasteiger partial charge in [-0.3, -0.25) is 10.1 Å². The highest BCUT2D eigenvalue weighted by Gasteiger charge is 2.06. The smallest absolute Gasteiger partial charge is 0.250 e. The number of hydrogen-bond donors (Lipinski definition) is 2. The Morgan fingerprint density at radius 2 is 1.92 bits per heavy atom. The van der Waals surface area contributed by atoms with Crippen molar-refractivity contribution in [3.63, 3.8) is 0 Å². The summed E-state index contributed by atoms with van der Waals surface area (Å²) in [6.45, 7) is 2.44. The molecule has 6 heteroatoms. The first-order valence-electron chi connectivity index (χ1n) is 7.36. The van der Waals surface area contributed by atoms with Crippen LogP contribution in [-0.2, 0) is 4.79 Å². The minimum absolute atomic E-state index is 0.202. The zero-order valence-electron chi connectivity index (χ0n) is 13.1. The van der Waals surface area contributed by atoms with Gasteiger partial charge in [0.15, 0.2) is 5.11 Å². The fraction of sp³-hybridized carbons (Fsp3) is 0.111. The van der Waals surface area contributed by atoms with Crippen molar-refractivity contribution in [2.24, 2.45) is 0 Å². The van der Waals surface area contributed by atoms with E-state index in [2.05, 4.69) is 10.6 Å². The standard InChI is InChI=1S/C18H17ClN2O2S/c1-2-23-16-6-4-3-5-15(16)20-18(24)21-17(22)12-9-13-7-10-14(19)11-8-13/h3-12H,2H2,1H3,(H2,20,21,22,24)/b12-9+. The summed E-state index contributed by atoms with van der Waals surface area (Å²) in [6.07, 6.45) is 3.09. The molecule has 0 aliphatic heterocycles. The molecular weight excluding hydrogens is 344 g/mol. The first kappa shape index (κ1) is 18.0. The molecule has 2 N–H and O–H groups in total. The number of nitrogens with one attached hydrogen (secondary N) is 2. The Bertz CT molecular complexity index is 745. The molecule has 2 aromatic carbocycles. The molecule has 0 saturated carbocycles. The van der Waals surface area contributed by atoms with Crippen molar-refractivity contribution < 1.29 is 9.53 Å². The molecule has 24 heavy (non-hydrogen) atoms. The third kappa shape index (κ3) is 5.68. The second-order valence-corrected chi connectivity index (χ2v) is 5.60. The van der Waals surface area contributed by atoms with Crippen molar-refractivity contribution in [2.45, 2.75) is 6.92 Å². The Balaban J connectivity index is 1.92. The van der Waals surface area contributed by atoms with Crippen molar-refractivity contribution in [1.29, 1.82) is 0 Å². The Morgan fingerprint density at radius 1 is 1.21 bits per heavy atom. The van der Waals surface area contributed by atoms with Crippen LogP contribution < -0.4 is 15.4 Å². The lowest BCUT2D eigenvalue weighted by Gasteiger charge is -2.12. The largest absolute Gasteiger partial charge is 0.492 e. The summed E-state index contributed by atoms with van der Waals surface area (Å²) >= 11 is 11.0. The number of anilines is 1. The van der Waals surface area contributed by atoms with E-state index in [4.69, 9.17) is 28.6 Å². The Labute approximate surface area is 151 Å². The minimum Gasteiger partial charge on any atom is -0.492 e. The lowest BCUT2D eigenvalue weighted by molar-refractivity contribution is -0.115. The molecule has 0 atom stereocenters. The van der Waals surface area contributed by atoms with Crippen LogP contribution >= 0.6 is 23.8 Å². The second kappa shape index (κ2) is 9.05. The van der Waals surface area contributed by atoms with Gasteiger partial charge in [0.1, 0.15) is 5.75 Å². The van der Waals surface area contributed by atoms with E-state index in [1.54, 1.807) is 18.2 Å². The van der Waals surface area contributed by atoms with E-state index in [-0.39, 0.29) is 11.0 Å². The number of carbonyl (C=O) groups is 1. The molecule has 0 aliphatic carbocycles. The molecule has 0 heterocycles. The Morgan fingerprint density at radius 3 is 2.62 bits per heavy atom. The second-order valence-electron chi connectivity index (χ2n) is 4.76. The van der Waals surface area contributed by atoms with E-state index < -0.39 is 0 Å². The summed E-state index contributed by atoms with van der Waals surface area (Å²) in [6, 6.07) is 14.5. The van der Waals surface area contributed by atoms with Gasteiger partial charge >= 0.3 is 0 Å². The molecule has 124 valence electrons. The number of para-hydroxylation sites is 2. The fourth-order valence-corrected chi connectivity index (χ4v) is 2.24. The molecule has 0 bridgehead atoms. The average molecular weight is 361 g/mol. The van der Waals surface area contributed by atoms with Crippen LogP contribution in [0.15, 0.2) is 54.6 Å². The lowest BCUT2D eigenvalue weighted by atomic mass is 10.2. The predicted molar refractivity (Wildman–Crippen MR) is 102 cm³/mol. The molecule has 4 nitrogen and oxygen atoms in total. The van der Waals surface area contributed by atoms with E-state index in [0.29, 0.717) is 23.1 Å². The lowest BCUT2D eigenvalue weighted by Crippen LogP contribution is -2.32. The van der Waals surface area contributed by atoms with Crippen LogP contribution in [0.3, 0.4) is 0 Å². The van der Waals surface area contributed by atoms with Crippen molar-refractivity contribution >= 4 is 46.6 Å². The number of rotatable bonds is 5. The zero-order valence-corrected chi connectivity index (χ0v) is 14.7. The molecule has 0 fully saturated rings. The predicted octanol–water partition coefficient (Wildman–Crippen LogP) is 4.27. The maximum absolute atomic E-state index is 11.9. The molecule has 0 saturated heterocycles. The van der Waals surface area contributed by atoms with E-state index >= 15 is 0 Å². The number of halogens is 1. The fourth-order valence-electron chi connectivity index (χ4n) is 1.90. The normalized spacial score (nSPS) is 10.4. The number of thiocarbonyl (C=S) groups is 1. The van der Waals surface area contributed by atoms with Gasteiger partial charge < -0.3 is 10.1 Å². The number of hydrogen-bond acceptors (Lipinski definition) is 3. The average Bonchev–Trinajstić information content (AvgIpc) is 2.56. The van der Waals surface area contributed by atoms with E-state index in [0.717, 1.165) is 5.56 Å². The van der Waals surface area contributed by atoms with Crippen molar-refractivity contribution in [1.82, 2.24) is 5.32 Å². The van der Waals surface area contributed by atoms with Crippen molar-refractivity contribution in [3.8, 4) is 5.75 Å². The number of benzene rings is 2. The molecule has 2 aromatic rings. The molecule has 0 aromatic heterocycles. The van der Waals surface area contributed by atoms with Crippen molar-refractivity contribution in [3.05, 3.63) is 65.2 Å². The first-order valence-corrected chi connectivity index (χ1v) is 8.14. The van der Waals surface area contributed by atoms with Crippen LogP contribution in [-0.4, -0.2) is 17.6 Å². The summed E-state index contributed by atoms with van der Waals surface area (Å²) in [5.74, 6) is 0.352. The highest BCUT2D eigenvalue weighted by molar-refractivity contribution is 7.80. The number of amides is 1. The quantitative estimate of drug-likeness (QED) is 0.617. The van der Waals surface area contributed by atoms with Gasteiger partial charge in [0.2, 0.25) is 5.91 Å². The first-order chi connectivity index (χ1) is 11.6. The summed E-state index contributed by atoms with van der Waals surface area (Å²) < 4.78 is 5.50. The maximum atomic E-state index is 11.9. The van der Waals surface area contributed by atoms with E-state index in [1.807, 2.05) is 43.3 Å². The topological polar surface area (TPSA) is 50.4 Å². The molecule has 1 amide bonds. The summed E-state index contributed by atoms with van der Waals surface area (Å²) in [7, 11) is 0. The monoisotopic (exact) mass is 360 g/mol. The highest BCUT2D eigenvalue weighted by atomic mass is 35.5. The highest BCUT2D eigenvalue weighted by Crippen LogP contribution is 2.23. The van der Waals surface area contributed by atoms with Gasteiger partial charge in [0.05, 0.1) is 12.3 Å². The molecule has 0 unspecified atom stereocenters. The number of carbonyl (C=O) groups excluding carboxylic acids is 1. The Hall–Kier alpha value is -2.37. The maximum Gasteiger partial charge on any atom is 0.250 e. The molecule has 0 radical (unpaired) electrons. The van der Waals surface area contributed by atoms with Crippen LogP contribution in [0.1, 0.15) is 12.5 Å². The van der Waals surface area contributed by atoms with Gasteiger partial charge in [-0.2, -0.15) is 0 Å². The van der Waals surface area contributed by atoms with Crippen LogP contribution in [0.25, 0.3) is 6.08 Å². The van der Waals surface area contributed by atoms with E-state index in [1.165, 1.54) is 6.08 Å². The summed E-state index contributed by atoms with van der Waals surface area (Å²) in [5, 5.41) is 6.40. The van der Waals surface area contributed by atoms with Crippen molar-refractivity contribution in [2.75, 3.05) is 11.9 Å². The SMILES string of the molecule is CCOc1ccccc1NC(=S)NC(=O)/C=C/c1ccc(Cl)cc1. The molecule has 0 spiro atoms. The summed E-state index contributed by atoms with van der Waals surface area (Å²) in [4.78, 5) is 11.9. The number of ether oxygens (including phenoxy) is 1. The molecule has 2 rings (SSSR count). The minimum atomic E-state index is -0.323. The third-order valence-corrected chi connectivity index (χ3v) is 3.43. The van der Waals surface area contributed by atoms with Crippen LogP contribution in [0.4, 0.5) is 5.69 Å². The van der Waals surface area contributed by atoms with Gasteiger partial charge in [-0.05, 0) is 55.0 Å². The van der Waals surface area contributed by atoms with Gasteiger partial charge in [-0.15, -0.1) is 0 Å². The van der Waals surface area contributed by atoms with Crippen LogP contribution in [0.5, 0.6) is 5.75 Å². The van der Waals surface area contributed by atoms with Crippen LogP contribution in [0, 0.1) is 0 Å². The van der Waals surface area contributed by atoms with Gasteiger partial charge in [-0.25, -0.2) is 0 Å². The van der Waals surface area contributed by atoms with E-state index in [9.17, 15) is 4.79 Å². The molecule has 0 aliphatic rings. The van der Waals surface area contributed by atoms with Crippen LogP contribution in [0.2, 0.25) is 5.02 Å². The zero-order chi connectivity index (χ0) is 17.4. The van der Waals surface area contributed by atoms with Gasteiger partial charge in [0, 0.05) is 11.1 Å².